The highest BCUT2D eigenvalue weighted by Crippen LogP contribution is 2.31. The van der Waals surface area contributed by atoms with Crippen molar-refractivity contribution < 1.29 is 17.6 Å². The molecule has 1 rings (SSSR count). The maximum absolute atomic E-state index is 13.6. The molecule has 0 heterocycles. The molecule has 0 bridgehead atoms. The van der Waals surface area contributed by atoms with Crippen molar-refractivity contribution in [3.05, 3.63) is 29.6 Å². The van der Waals surface area contributed by atoms with Gasteiger partial charge in [0.05, 0.1) is 11.3 Å². The fraction of sp³-hybridized carbons (Fsp3) is 0.571. The van der Waals surface area contributed by atoms with Gasteiger partial charge in [-0.25, -0.2) is 4.39 Å². The molecule has 0 aliphatic carbocycles. The number of alkyl halides is 3. The van der Waals surface area contributed by atoms with E-state index in [1.54, 1.807) is 0 Å². The minimum atomic E-state index is -4.52. The van der Waals surface area contributed by atoms with Gasteiger partial charge in [-0.1, -0.05) is 6.92 Å². The van der Waals surface area contributed by atoms with Crippen molar-refractivity contribution in [3.63, 3.8) is 0 Å². The lowest BCUT2D eigenvalue weighted by Crippen LogP contribution is -2.32. The van der Waals surface area contributed by atoms with Crippen molar-refractivity contribution in [1.82, 2.24) is 4.90 Å². The Balaban J connectivity index is 2.57. The first-order valence-corrected chi connectivity index (χ1v) is 6.56. The fourth-order valence-electron chi connectivity index (χ4n) is 1.73. The second kappa shape index (κ2) is 6.92. The standard InChI is InChI=1S/C14H20F4N2/c1-4-10(2)20(3)8-7-19-13-6-5-11(9-12(13)15)14(16,17)18/h5-6,9-10,19H,4,7-8H2,1-3H3. The number of halogens is 4. The monoisotopic (exact) mass is 292 g/mol. The molecule has 20 heavy (non-hydrogen) atoms. The van der Waals surface area contributed by atoms with Gasteiger partial charge in [0.2, 0.25) is 0 Å². The summed E-state index contributed by atoms with van der Waals surface area (Å²) < 4.78 is 50.7. The molecule has 6 heteroatoms. The first kappa shape index (κ1) is 16.8. The Morgan fingerprint density at radius 2 is 1.95 bits per heavy atom. The van der Waals surface area contributed by atoms with E-state index in [0.717, 1.165) is 18.6 Å². The molecular weight excluding hydrogens is 272 g/mol. The molecule has 0 radical (unpaired) electrons. The Bertz CT molecular complexity index is 432. The normalized spacial score (nSPS) is 13.6. The fourth-order valence-corrected chi connectivity index (χ4v) is 1.73. The number of anilines is 1. The van der Waals surface area contributed by atoms with Crippen LogP contribution in [0.5, 0.6) is 0 Å². The average Bonchev–Trinajstić information content (AvgIpc) is 2.38. The van der Waals surface area contributed by atoms with Gasteiger partial charge in [0, 0.05) is 19.1 Å². The smallest absolute Gasteiger partial charge is 0.381 e. The summed E-state index contributed by atoms with van der Waals surface area (Å²) in [5.41, 5.74) is -0.882. The van der Waals surface area contributed by atoms with Gasteiger partial charge in [0.25, 0.3) is 0 Å². The second-order valence-corrected chi connectivity index (χ2v) is 4.86. The Hall–Kier alpha value is -1.30. The molecule has 0 fully saturated rings. The zero-order chi connectivity index (χ0) is 15.3. The van der Waals surface area contributed by atoms with E-state index in [1.165, 1.54) is 0 Å². The highest BCUT2D eigenvalue weighted by molar-refractivity contribution is 5.46. The van der Waals surface area contributed by atoms with Crippen LogP contribution in [0.25, 0.3) is 0 Å². The minimum absolute atomic E-state index is 0.0931. The number of hydrogen-bond acceptors (Lipinski definition) is 2. The molecule has 1 atom stereocenters. The van der Waals surface area contributed by atoms with Gasteiger partial charge in [-0.05, 0) is 38.6 Å². The van der Waals surface area contributed by atoms with Crippen LogP contribution >= 0.6 is 0 Å². The summed E-state index contributed by atoms with van der Waals surface area (Å²) in [7, 11) is 1.96. The van der Waals surface area contributed by atoms with E-state index in [9.17, 15) is 17.6 Å². The van der Waals surface area contributed by atoms with Crippen LogP contribution in [0.15, 0.2) is 18.2 Å². The maximum atomic E-state index is 13.6. The summed E-state index contributed by atoms with van der Waals surface area (Å²) in [5.74, 6) is -0.883. The van der Waals surface area contributed by atoms with Crippen LogP contribution in [0.1, 0.15) is 25.8 Å². The molecule has 0 saturated heterocycles. The number of likely N-dealkylation sites (N-methyl/N-ethyl adjacent to an activating group) is 1. The molecule has 0 aromatic heterocycles. The molecule has 0 amide bonds. The molecule has 1 aromatic carbocycles. The largest absolute Gasteiger partial charge is 0.416 e. The third-order valence-electron chi connectivity index (χ3n) is 3.42. The van der Waals surface area contributed by atoms with Gasteiger partial charge >= 0.3 is 6.18 Å². The Kier molecular flexibility index (Phi) is 5.80. The van der Waals surface area contributed by atoms with Crippen LogP contribution in [0.2, 0.25) is 0 Å². The average molecular weight is 292 g/mol. The van der Waals surface area contributed by atoms with Crippen LogP contribution in [0.4, 0.5) is 23.2 Å². The van der Waals surface area contributed by atoms with E-state index < -0.39 is 17.6 Å². The molecule has 0 saturated carbocycles. The number of nitrogens with one attached hydrogen (secondary N) is 1. The molecule has 1 N–H and O–H groups in total. The zero-order valence-electron chi connectivity index (χ0n) is 11.9. The lowest BCUT2D eigenvalue weighted by molar-refractivity contribution is -0.137. The molecule has 114 valence electrons. The van der Waals surface area contributed by atoms with E-state index in [2.05, 4.69) is 24.1 Å². The van der Waals surface area contributed by atoms with Crippen LogP contribution in [-0.2, 0) is 6.18 Å². The van der Waals surface area contributed by atoms with Crippen molar-refractivity contribution in [2.75, 3.05) is 25.5 Å². The highest BCUT2D eigenvalue weighted by Gasteiger charge is 2.31. The Labute approximate surface area is 116 Å². The molecule has 0 spiro atoms. The predicted molar refractivity (Wildman–Crippen MR) is 72.3 cm³/mol. The predicted octanol–water partition coefficient (Wildman–Crippen LogP) is 3.99. The van der Waals surface area contributed by atoms with Gasteiger partial charge in [-0.15, -0.1) is 0 Å². The third-order valence-corrected chi connectivity index (χ3v) is 3.42. The van der Waals surface area contributed by atoms with Gasteiger partial charge in [-0.2, -0.15) is 13.2 Å². The van der Waals surface area contributed by atoms with E-state index in [-0.39, 0.29) is 5.69 Å². The number of benzene rings is 1. The summed E-state index contributed by atoms with van der Waals surface area (Å²) >= 11 is 0. The van der Waals surface area contributed by atoms with Crippen molar-refractivity contribution in [2.45, 2.75) is 32.5 Å². The summed E-state index contributed by atoms with van der Waals surface area (Å²) in [6, 6.07) is 2.93. The van der Waals surface area contributed by atoms with Crippen LogP contribution < -0.4 is 5.32 Å². The number of hydrogen-bond donors (Lipinski definition) is 1. The molecule has 0 aliphatic rings. The minimum Gasteiger partial charge on any atom is -0.381 e. The number of rotatable bonds is 6. The molecule has 2 nitrogen and oxygen atoms in total. The third kappa shape index (κ3) is 4.67. The maximum Gasteiger partial charge on any atom is 0.416 e. The first-order chi connectivity index (χ1) is 9.25. The van der Waals surface area contributed by atoms with E-state index >= 15 is 0 Å². The second-order valence-electron chi connectivity index (χ2n) is 4.86. The summed E-state index contributed by atoms with van der Waals surface area (Å²) in [4.78, 5) is 2.11. The topological polar surface area (TPSA) is 15.3 Å². The van der Waals surface area contributed by atoms with E-state index in [4.69, 9.17) is 0 Å². The molecular formula is C14H20F4N2. The Morgan fingerprint density at radius 1 is 1.30 bits per heavy atom. The van der Waals surface area contributed by atoms with Gasteiger partial charge in [-0.3, -0.25) is 0 Å². The SMILES string of the molecule is CCC(C)N(C)CCNc1ccc(C(F)(F)F)cc1F. The van der Waals surface area contributed by atoms with Crippen molar-refractivity contribution >= 4 is 5.69 Å². The van der Waals surface area contributed by atoms with Gasteiger partial charge < -0.3 is 10.2 Å². The molecule has 0 aliphatic heterocycles. The van der Waals surface area contributed by atoms with E-state index in [0.29, 0.717) is 25.2 Å². The summed E-state index contributed by atoms with van der Waals surface area (Å²) in [6.07, 6.45) is -3.51. The quantitative estimate of drug-likeness (QED) is 0.798. The lowest BCUT2D eigenvalue weighted by Gasteiger charge is -2.23. The zero-order valence-corrected chi connectivity index (χ0v) is 11.9. The van der Waals surface area contributed by atoms with Crippen molar-refractivity contribution in [3.8, 4) is 0 Å². The molecule has 1 aromatic rings. The number of nitrogens with zero attached hydrogens (tertiary/aromatic N) is 1. The van der Waals surface area contributed by atoms with Gasteiger partial charge in [0.15, 0.2) is 0 Å². The molecule has 1 unspecified atom stereocenters. The van der Waals surface area contributed by atoms with E-state index in [1.807, 2.05) is 7.05 Å². The highest BCUT2D eigenvalue weighted by atomic mass is 19.4. The van der Waals surface area contributed by atoms with Gasteiger partial charge in [0.1, 0.15) is 5.82 Å². The lowest BCUT2D eigenvalue weighted by atomic mass is 10.2. The Morgan fingerprint density at radius 3 is 2.45 bits per heavy atom. The first-order valence-electron chi connectivity index (χ1n) is 6.56. The van der Waals surface area contributed by atoms with Crippen LogP contribution in [-0.4, -0.2) is 31.1 Å². The van der Waals surface area contributed by atoms with Crippen molar-refractivity contribution in [1.29, 1.82) is 0 Å². The van der Waals surface area contributed by atoms with Crippen molar-refractivity contribution in [2.24, 2.45) is 0 Å². The van der Waals surface area contributed by atoms with Crippen LogP contribution in [0, 0.1) is 5.82 Å². The summed E-state index contributed by atoms with van der Waals surface area (Å²) in [6.45, 7) is 5.32. The summed E-state index contributed by atoms with van der Waals surface area (Å²) in [5, 5.41) is 2.82. The van der Waals surface area contributed by atoms with Crippen LogP contribution in [0.3, 0.4) is 0 Å².